The van der Waals surface area contributed by atoms with E-state index in [1.165, 1.54) is 0 Å². The molecule has 0 bridgehead atoms. The molecule has 0 amide bonds. The Hall–Kier alpha value is -2.00. The van der Waals surface area contributed by atoms with E-state index >= 15 is 0 Å². The molecule has 0 radical (unpaired) electrons. The number of benzene rings is 1. The predicted octanol–water partition coefficient (Wildman–Crippen LogP) is 2.39. The van der Waals surface area contributed by atoms with Crippen LogP contribution in [0.25, 0.3) is 0 Å². The van der Waals surface area contributed by atoms with E-state index in [2.05, 4.69) is 4.98 Å². The Kier molecular flexibility index (Phi) is 3.62. The van der Waals surface area contributed by atoms with Gasteiger partial charge in [-0.3, -0.25) is 9.78 Å². The number of nitrogens with zero attached hydrogens (tertiary/aromatic N) is 1. The Bertz CT molecular complexity index is 482. The van der Waals surface area contributed by atoms with Crippen LogP contribution in [0.4, 0.5) is 0 Å². The van der Waals surface area contributed by atoms with E-state index in [0.29, 0.717) is 5.69 Å². The first-order chi connectivity index (χ1) is 8.27. The maximum atomic E-state index is 11.8. The third-order valence-electron chi connectivity index (χ3n) is 2.51. The zero-order valence-electron chi connectivity index (χ0n) is 9.28. The number of Topliss-reactive ketones (excluding diaryl/α,β-unsaturated/α-hetero) is 1. The molecule has 1 aromatic heterocycles. The molecule has 0 aliphatic heterocycles. The van der Waals surface area contributed by atoms with Crippen LogP contribution < -0.4 is 0 Å². The summed E-state index contributed by atoms with van der Waals surface area (Å²) in [6.45, 7) is 0. The second-order valence-electron chi connectivity index (χ2n) is 3.77. The van der Waals surface area contributed by atoms with Gasteiger partial charge in [0.2, 0.25) is 0 Å². The number of aliphatic hydroxyl groups excluding tert-OH is 1. The lowest BCUT2D eigenvalue weighted by Crippen LogP contribution is -2.08. The van der Waals surface area contributed by atoms with E-state index in [4.69, 9.17) is 0 Å². The number of carbonyl (C=O) groups is 1. The summed E-state index contributed by atoms with van der Waals surface area (Å²) in [5.74, 6) is -0.151. The minimum atomic E-state index is -0.772. The number of carbonyl (C=O) groups excluding carboxylic acids is 1. The van der Waals surface area contributed by atoms with Crippen molar-refractivity contribution in [3.8, 4) is 0 Å². The summed E-state index contributed by atoms with van der Waals surface area (Å²) in [4.78, 5) is 15.8. The summed E-state index contributed by atoms with van der Waals surface area (Å²) in [5, 5.41) is 9.90. The minimum Gasteiger partial charge on any atom is -0.388 e. The van der Waals surface area contributed by atoms with Gasteiger partial charge >= 0.3 is 0 Å². The largest absolute Gasteiger partial charge is 0.388 e. The summed E-state index contributed by atoms with van der Waals surface area (Å²) in [5.41, 5.74) is 1.14. The van der Waals surface area contributed by atoms with Gasteiger partial charge in [-0.1, -0.05) is 36.4 Å². The monoisotopic (exact) mass is 227 g/mol. The lowest BCUT2D eigenvalue weighted by atomic mass is 10.0. The van der Waals surface area contributed by atoms with Gasteiger partial charge in [-0.15, -0.1) is 0 Å². The molecule has 17 heavy (non-hydrogen) atoms. The van der Waals surface area contributed by atoms with E-state index in [0.717, 1.165) is 5.56 Å². The van der Waals surface area contributed by atoms with Crippen molar-refractivity contribution in [1.82, 2.24) is 4.98 Å². The summed E-state index contributed by atoms with van der Waals surface area (Å²) < 4.78 is 0. The van der Waals surface area contributed by atoms with Gasteiger partial charge < -0.3 is 5.11 Å². The van der Waals surface area contributed by atoms with Gasteiger partial charge in [0.15, 0.2) is 5.78 Å². The third-order valence-corrected chi connectivity index (χ3v) is 2.51. The molecule has 86 valence electrons. The van der Waals surface area contributed by atoms with E-state index in [1.54, 1.807) is 36.5 Å². The van der Waals surface area contributed by atoms with Crippen LogP contribution in [-0.2, 0) is 0 Å². The molecule has 3 nitrogen and oxygen atoms in total. The molecule has 2 aromatic rings. The Morgan fingerprint density at radius 1 is 1.12 bits per heavy atom. The van der Waals surface area contributed by atoms with Crippen LogP contribution in [0.3, 0.4) is 0 Å². The molecular weight excluding hydrogens is 214 g/mol. The summed E-state index contributed by atoms with van der Waals surface area (Å²) in [6, 6.07) is 14.3. The lowest BCUT2D eigenvalue weighted by molar-refractivity contribution is 0.0875. The highest BCUT2D eigenvalue weighted by Gasteiger charge is 2.14. The summed E-state index contributed by atoms with van der Waals surface area (Å²) >= 11 is 0. The number of aromatic nitrogens is 1. The second-order valence-corrected chi connectivity index (χ2v) is 3.77. The first-order valence-electron chi connectivity index (χ1n) is 5.44. The molecule has 2 rings (SSSR count). The topological polar surface area (TPSA) is 50.2 Å². The van der Waals surface area contributed by atoms with Crippen LogP contribution >= 0.6 is 0 Å². The molecular formula is C14H13NO2. The number of pyridine rings is 1. The number of hydrogen-bond donors (Lipinski definition) is 1. The molecule has 3 heteroatoms. The van der Waals surface area contributed by atoms with Crippen molar-refractivity contribution in [2.24, 2.45) is 0 Å². The van der Waals surface area contributed by atoms with Crippen molar-refractivity contribution in [1.29, 1.82) is 0 Å². The molecule has 0 saturated carbocycles. The fourth-order valence-electron chi connectivity index (χ4n) is 1.60. The highest BCUT2D eigenvalue weighted by atomic mass is 16.3. The average Bonchev–Trinajstić information content (AvgIpc) is 2.40. The molecule has 1 atom stereocenters. The minimum absolute atomic E-state index is 0.0566. The van der Waals surface area contributed by atoms with Crippen LogP contribution in [0.1, 0.15) is 28.6 Å². The van der Waals surface area contributed by atoms with Crippen molar-refractivity contribution in [3.05, 3.63) is 66.0 Å². The van der Waals surface area contributed by atoms with Crippen molar-refractivity contribution >= 4 is 5.78 Å². The molecule has 1 unspecified atom stereocenters. The van der Waals surface area contributed by atoms with Crippen LogP contribution in [0, 0.1) is 0 Å². The Morgan fingerprint density at radius 3 is 2.47 bits per heavy atom. The van der Waals surface area contributed by atoms with Crippen LogP contribution in [0.5, 0.6) is 0 Å². The second kappa shape index (κ2) is 5.37. The number of ketones is 1. The number of aliphatic hydroxyl groups is 1. The normalized spacial score (nSPS) is 12.1. The van der Waals surface area contributed by atoms with Gasteiger partial charge in [-0.2, -0.15) is 0 Å². The SMILES string of the molecule is O=C(CC(O)c1ccccc1)c1ccccn1. The van der Waals surface area contributed by atoms with E-state index in [1.807, 2.05) is 18.2 Å². The van der Waals surface area contributed by atoms with Gasteiger partial charge in [-0.05, 0) is 17.7 Å². The van der Waals surface area contributed by atoms with E-state index < -0.39 is 6.10 Å². The molecule has 1 aromatic carbocycles. The molecule has 0 aliphatic rings. The van der Waals surface area contributed by atoms with Gasteiger partial charge in [0.1, 0.15) is 5.69 Å². The molecule has 0 saturated heterocycles. The van der Waals surface area contributed by atoms with E-state index in [9.17, 15) is 9.90 Å². The van der Waals surface area contributed by atoms with Gasteiger partial charge in [0, 0.05) is 12.6 Å². The Balaban J connectivity index is 2.05. The molecule has 1 heterocycles. The maximum Gasteiger partial charge on any atom is 0.184 e. The van der Waals surface area contributed by atoms with E-state index in [-0.39, 0.29) is 12.2 Å². The molecule has 0 fully saturated rings. The highest BCUT2D eigenvalue weighted by Crippen LogP contribution is 2.17. The summed E-state index contributed by atoms with van der Waals surface area (Å²) in [6.07, 6.45) is 0.856. The standard InChI is InChI=1S/C14H13NO2/c16-13(11-6-2-1-3-7-11)10-14(17)12-8-4-5-9-15-12/h1-9,13,16H,10H2. The molecule has 1 N–H and O–H groups in total. The number of hydrogen-bond acceptors (Lipinski definition) is 3. The Morgan fingerprint density at radius 2 is 1.82 bits per heavy atom. The predicted molar refractivity (Wildman–Crippen MR) is 64.6 cm³/mol. The highest BCUT2D eigenvalue weighted by molar-refractivity contribution is 5.94. The number of rotatable bonds is 4. The van der Waals surface area contributed by atoms with Crippen molar-refractivity contribution in [3.63, 3.8) is 0 Å². The van der Waals surface area contributed by atoms with Crippen LogP contribution in [0.2, 0.25) is 0 Å². The Labute approximate surface area is 99.8 Å². The maximum absolute atomic E-state index is 11.8. The first-order valence-corrected chi connectivity index (χ1v) is 5.44. The van der Waals surface area contributed by atoms with Crippen molar-refractivity contribution in [2.75, 3.05) is 0 Å². The zero-order valence-corrected chi connectivity index (χ0v) is 9.28. The lowest BCUT2D eigenvalue weighted by Gasteiger charge is -2.09. The average molecular weight is 227 g/mol. The van der Waals surface area contributed by atoms with Crippen LogP contribution in [-0.4, -0.2) is 15.9 Å². The third kappa shape index (κ3) is 2.98. The zero-order chi connectivity index (χ0) is 12.1. The smallest absolute Gasteiger partial charge is 0.184 e. The van der Waals surface area contributed by atoms with Gasteiger partial charge in [0.05, 0.1) is 6.10 Å². The van der Waals surface area contributed by atoms with Crippen LogP contribution in [0.15, 0.2) is 54.7 Å². The molecule has 0 spiro atoms. The molecule has 0 aliphatic carbocycles. The fourth-order valence-corrected chi connectivity index (χ4v) is 1.60. The van der Waals surface area contributed by atoms with Gasteiger partial charge in [0.25, 0.3) is 0 Å². The van der Waals surface area contributed by atoms with Crippen molar-refractivity contribution < 1.29 is 9.90 Å². The van der Waals surface area contributed by atoms with Crippen molar-refractivity contribution in [2.45, 2.75) is 12.5 Å². The quantitative estimate of drug-likeness (QED) is 0.816. The van der Waals surface area contributed by atoms with Gasteiger partial charge in [-0.25, -0.2) is 0 Å². The first kappa shape index (κ1) is 11.5. The fraction of sp³-hybridized carbons (Fsp3) is 0.143. The summed E-state index contributed by atoms with van der Waals surface area (Å²) in [7, 11) is 0.